The van der Waals surface area contributed by atoms with Gasteiger partial charge in [0.2, 0.25) is 10.0 Å². The molecule has 1 aliphatic heterocycles. The van der Waals surface area contributed by atoms with Gasteiger partial charge in [0.1, 0.15) is 5.75 Å². The summed E-state index contributed by atoms with van der Waals surface area (Å²) in [6, 6.07) is 13.9. The number of nitrogens with zero attached hydrogens (tertiary/aromatic N) is 1. The smallest absolute Gasteiger partial charge is 0.240 e. The molecule has 0 spiro atoms. The van der Waals surface area contributed by atoms with E-state index in [-0.39, 0.29) is 10.9 Å². The van der Waals surface area contributed by atoms with Gasteiger partial charge < -0.3 is 9.64 Å². The van der Waals surface area contributed by atoms with E-state index in [2.05, 4.69) is 9.62 Å². The van der Waals surface area contributed by atoms with E-state index in [4.69, 9.17) is 16.3 Å². The number of methoxy groups -OCH3 is 1. The first-order chi connectivity index (χ1) is 12.0. The predicted molar refractivity (Wildman–Crippen MR) is 100 cm³/mol. The first-order valence-electron chi connectivity index (χ1n) is 8.15. The van der Waals surface area contributed by atoms with Crippen LogP contribution in [0.3, 0.4) is 0 Å². The minimum absolute atomic E-state index is 0.164. The van der Waals surface area contributed by atoms with E-state index >= 15 is 0 Å². The standard InChI is InChI=1S/C18H21ClN2O3S/c1-24-18-10-3-2-9-17(18)21-11-5-7-15(13-21)20-25(22,23)16-8-4-6-14(19)12-16/h2-4,6,8-10,12,15,20H,5,7,11,13H2,1H3. The minimum atomic E-state index is -3.60. The Balaban J connectivity index is 1.76. The van der Waals surface area contributed by atoms with Crippen LogP contribution in [-0.2, 0) is 10.0 Å². The fourth-order valence-electron chi connectivity index (χ4n) is 3.10. The van der Waals surface area contributed by atoms with E-state index in [0.717, 1.165) is 30.8 Å². The fourth-order valence-corrected chi connectivity index (χ4v) is 4.67. The third-order valence-electron chi connectivity index (χ3n) is 4.28. The van der Waals surface area contributed by atoms with Gasteiger partial charge in [-0.3, -0.25) is 0 Å². The van der Waals surface area contributed by atoms with Gasteiger partial charge in [0.05, 0.1) is 17.7 Å². The Hall–Kier alpha value is -1.76. The Morgan fingerprint density at radius 1 is 1.20 bits per heavy atom. The number of hydrogen-bond donors (Lipinski definition) is 1. The molecule has 1 fully saturated rings. The van der Waals surface area contributed by atoms with Crippen LogP contribution in [0.25, 0.3) is 0 Å². The zero-order chi connectivity index (χ0) is 17.9. The zero-order valence-corrected chi connectivity index (χ0v) is 15.6. The number of para-hydroxylation sites is 2. The van der Waals surface area contributed by atoms with E-state index in [9.17, 15) is 8.42 Å². The Morgan fingerprint density at radius 2 is 2.00 bits per heavy atom. The highest BCUT2D eigenvalue weighted by molar-refractivity contribution is 7.89. The Labute approximate surface area is 153 Å². The highest BCUT2D eigenvalue weighted by Gasteiger charge is 2.26. The lowest BCUT2D eigenvalue weighted by molar-refractivity contribution is 0.409. The van der Waals surface area contributed by atoms with Gasteiger partial charge in [0.15, 0.2) is 0 Å². The molecule has 2 aromatic rings. The monoisotopic (exact) mass is 380 g/mol. The van der Waals surface area contributed by atoms with Crippen molar-refractivity contribution in [2.75, 3.05) is 25.1 Å². The molecule has 5 nitrogen and oxygen atoms in total. The third kappa shape index (κ3) is 4.26. The van der Waals surface area contributed by atoms with Gasteiger partial charge in [-0.1, -0.05) is 29.8 Å². The molecule has 1 unspecified atom stereocenters. The molecular formula is C18H21ClN2O3S. The quantitative estimate of drug-likeness (QED) is 0.864. The average molecular weight is 381 g/mol. The maximum Gasteiger partial charge on any atom is 0.240 e. The van der Waals surface area contributed by atoms with Gasteiger partial charge >= 0.3 is 0 Å². The SMILES string of the molecule is COc1ccccc1N1CCCC(NS(=O)(=O)c2cccc(Cl)c2)C1. The highest BCUT2D eigenvalue weighted by Crippen LogP contribution is 2.30. The van der Waals surface area contributed by atoms with Crippen LogP contribution in [0, 0.1) is 0 Å². The van der Waals surface area contributed by atoms with Crippen LogP contribution < -0.4 is 14.4 Å². The van der Waals surface area contributed by atoms with Crippen molar-refractivity contribution in [1.29, 1.82) is 0 Å². The molecule has 134 valence electrons. The molecule has 0 aromatic heterocycles. The molecule has 7 heteroatoms. The molecule has 0 saturated carbocycles. The Morgan fingerprint density at radius 3 is 2.76 bits per heavy atom. The molecule has 0 amide bonds. The van der Waals surface area contributed by atoms with E-state index in [1.807, 2.05) is 24.3 Å². The summed E-state index contributed by atoms with van der Waals surface area (Å²) in [6.07, 6.45) is 1.70. The van der Waals surface area contributed by atoms with Gasteiger partial charge in [-0.2, -0.15) is 0 Å². The van der Waals surface area contributed by atoms with Crippen LogP contribution in [-0.4, -0.2) is 34.7 Å². The molecule has 1 aliphatic rings. The molecule has 1 atom stereocenters. The fraction of sp³-hybridized carbons (Fsp3) is 0.333. The average Bonchev–Trinajstić information content (AvgIpc) is 2.61. The molecule has 2 aromatic carbocycles. The van der Waals surface area contributed by atoms with Crippen molar-refractivity contribution in [3.8, 4) is 5.75 Å². The van der Waals surface area contributed by atoms with Crippen LogP contribution >= 0.6 is 11.6 Å². The van der Waals surface area contributed by atoms with Crippen LogP contribution in [0.2, 0.25) is 5.02 Å². The number of anilines is 1. The largest absolute Gasteiger partial charge is 0.495 e. The number of sulfonamides is 1. The summed E-state index contributed by atoms with van der Waals surface area (Å²) < 4.78 is 33.4. The number of hydrogen-bond acceptors (Lipinski definition) is 4. The Bertz CT molecular complexity index is 842. The van der Waals surface area contributed by atoms with Crippen molar-refractivity contribution >= 4 is 27.3 Å². The summed E-state index contributed by atoms with van der Waals surface area (Å²) in [5.41, 5.74) is 0.983. The summed E-state index contributed by atoms with van der Waals surface area (Å²) in [4.78, 5) is 2.35. The lowest BCUT2D eigenvalue weighted by Crippen LogP contribution is -2.47. The topological polar surface area (TPSA) is 58.6 Å². The van der Waals surface area contributed by atoms with Gasteiger partial charge in [0, 0.05) is 24.2 Å². The van der Waals surface area contributed by atoms with Gasteiger partial charge in [-0.05, 0) is 43.2 Å². The van der Waals surface area contributed by atoms with Gasteiger partial charge in [-0.25, -0.2) is 13.1 Å². The number of ether oxygens (including phenoxy) is 1. The van der Waals surface area contributed by atoms with Crippen molar-refractivity contribution in [3.63, 3.8) is 0 Å². The maximum absolute atomic E-state index is 12.6. The van der Waals surface area contributed by atoms with Crippen molar-refractivity contribution in [3.05, 3.63) is 53.6 Å². The van der Waals surface area contributed by atoms with E-state index in [1.54, 1.807) is 25.3 Å². The third-order valence-corrected chi connectivity index (χ3v) is 6.03. The van der Waals surface area contributed by atoms with E-state index < -0.39 is 10.0 Å². The zero-order valence-electron chi connectivity index (χ0n) is 14.0. The van der Waals surface area contributed by atoms with Crippen molar-refractivity contribution in [2.24, 2.45) is 0 Å². The molecule has 1 heterocycles. The van der Waals surface area contributed by atoms with Crippen molar-refractivity contribution < 1.29 is 13.2 Å². The van der Waals surface area contributed by atoms with Crippen LogP contribution in [0.1, 0.15) is 12.8 Å². The lowest BCUT2D eigenvalue weighted by atomic mass is 10.1. The summed E-state index contributed by atoms with van der Waals surface area (Å²) in [7, 11) is -1.96. The molecule has 0 aliphatic carbocycles. The van der Waals surface area contributed by atoms with Gasteiger partial charge in [0.25, 0.3) is 0 Å². The normalized spacial score (nSPS) is 18.2. The maximum atomic E-state index is 12.6. The van der Waals surface area contributed by atoms with Crippen LogP contribution in [0.4, 0.5) is 5.69 Å². The van der Waals surface area contributed by atoms with Crippen molar-refractivity contribution in [1.82, 2.24) is 4.72 Å². The summed E-state index contributed by atoms with van der Waals surface area (Å²) >= 11 is 5.92. The van der Waals surface area contributed by atoms with E-state index in [1.165, 1.54) is 6.07 Å². The number of halogens is 1. The molecule has 25 heavy (non-hydrogen) atoms. The molecule has 0 radical (unpaired) electrons. The second-order valence-corrected chi connectivity index (χ2v) is 8.19. The molecular weight excluding hydrogens is 360 g/mol. The van der Waals surface area contributed by atoms with E-state index in [0.29, 0.717) is 11.6 Å². The van der Waals surface area contributed by atoms with Crippen LogP contribution in [0.5, 0.6) is 5.75 Å². The summed E-state index contributed by atoms with van der Waals surface area (Å²) in [5, 5.41) is 0.405. The predicted octanol–water partition coefficient (Wildman–Crippen LogP) is 3.30. The molecule has 3 rings (SSSR count). The second-order valence-electron chi connectivity index (χ2n) is 6.04. The number of benzene rings is 2. The molecule has 1 saturated heterocycles. The molecule has 1 N–H and O–H groups in total. The number of rotatable bonds is 5. The summed E-state index contributed by atoms with van der Waals surface area (Å²) in [5.74, 6) is 0.792. The highest BCUT2D eigenvalue weighted by atomic mass is 35.5. The van der Waals surface area contributed by atoms with Crippen LogP contribution in [0.15, 0.2) is 53.4 Å². The number of piperidine rings is 1. The van der Waals surface area contributed by atoms with Crippen molar-refractivity contribution in [2.45, 2.75) is 23.8 Å². The first kappa shape index (κ1) is 18.0. The minimum Gasteiger partial charge on any atom is -0.495 e. The Kier molecular flexibility index (Phi) is 5.51. The number of nitrogens with one attached hydrogen (secondary N) is 1. The lowest BCUT2D eigenvalue weighted by Gasteiger charge is -2.35. The molecule has 0 bridgehead atoms. The van der Waals surface area contributed by atoms with Gasteiger partial charge in [-0.15, -0.1) is 0 Å². The second kappa shape index (κ2) is 7.64. The first-order valence-corrected chi connectivity index (χ1v) is 10.0. The summed E-state index contributed by atoms with van der Waals surface area (Å²) in [6.45, 7) is 1.47.